The van der Waals surface area contributed by atoms with Gasteiger partial charge in [0, 0.05) is 27.6 Å². The second kappa shape index (κ2) is 8.92. The quantitative estimate of drug-likeness (QED) is 0.225. The molecule has 2 heterocycles. The molecule has 0 unspecified atom stereocenters. The van der Waals surface area contributed by atoms with Crippen molar-refractivity contribution in [3.8, 4) is 28.2 Å². The minimum absolute atomic E-state index is 0.908. The highest BCUT2D eigenvalue weighted by molar-refractivity contribution is 6.18. The summed E-state index contributed by atoms with van der Waals surface area (Å²) in [7, 11) is 0. The Morgan fingerprint density at radius 1 is 0.500 bits per heavy atom. The maximum atomic E-state index is 6.50. The molecule has 0 aliphatic heterocycles. The molecule has 0 atom stereocenters. The fraction of sp³-hybridized carbons (Fsp3) is 0. The number of para-hydroxylation sites is 3. The van der Waals surface area contributed by atoms with Gasteiger partial charge in [-0.25, -0.2) is 4.98 Å². The fourth-order valence-corrected chi connectivity index (χ4v) is 6.40. The molecule has 0 aliphatic rings. The molecule has 9 rings (SSSR count). The van der Waals surface area contributed by atoms with Crippen LogP contribution >= 0.6 is 0 Å². The van der Waals surface area contributed by atoms with Crippen LogP contribution in [-0.4, -0.2) is 9.55 Å². The van der Waals surface area contributed by atoms with Crippen LogP contribution in [0.3, 0.4) is 0 Å². The van der Waals surface area contributed by atoms with E-state index in [0.717, 1.165) is 61.2 Å². The van der Waals surface area contributed by atoms with Gasteiger partial charge in [-0.05, 0) is 69.6 Å². The van der Waals surface area contributed by atoms with Crippen molar-refractivity contribution >= 4 is 54.5 Å². The lowest BCUT2D eigenvalue weighted by Crippen LogP contribution is -1.98. The second-order valence-corrected chi connectivity index (χ2v) is 10.8. The van der Waals surface area contributed by atoms with Crippen LogP contribution < -0.4 is 0 Å². The molecule has 0 N–H and O–H groups in total. The lowest BCUT2D eigenvalue weighted by atomic mass is 9.95. The van der Waals surface area contributed by atoms with Crippen LogP contribution in [0.25, 0.3) is 82.7 Å². The number of hydrogen-bond donors (Lipinski definition) is 0. The SMILES string of the molecule is c1ccc2cc(-c3nc4ccccc4n3-c3ccc(-c4c5ccccc5cc5c4oc4ccccc45)cc3)ccc2c1. The molecule has 3 heteroatoms. The molecule has 2 aromatic heterocycles. The van der Waals surface area contributed by atoms with Crippen molar-refractivity contribution in [2.24, 2.45) is 0 Å². The third-order valence-corrected chi connectivity index (χ3v) is 8.37. The van der Waals surface area contributed by atoms with Gasteiger partial charge in [0.2, 0.25) is 0 Å². The first-order valence-electron chi connectivity index (χ1n) is 14.2. The van der Waals surface area contributed by atoms with E-state index in [1.54, 1.807) is 0 Å². The average Bonchev–Trinajstić information content (AvgIpc) is 3.62. The van der Waals surface area contributed by atoms with Crippen LogP contribution in [0.4, 0.5) is 0 Å². The predicted octanol–water partition coefficient (Wildman–Crippen LogP) is 10.6. The number of imidazole rings is 1. The molecule has 0 saturated carbocycles. The first-order chi connectivity index (χ1) is 20.8. The van der Waals surface area contributed by atoms with Gasteiger partial charge in [-0.15, -0.1) is 0 Å². The number of nitrogens with zero attached hydrogens (tertiary/aromatic N) is 2. The van der Waals surface area contributed by atoms with E-state index in [9.17, 15) is 0 Å². The number of furan rings is 1. The molecule has 196 valence electrons. The molecule has 3 nitrogen and oxygen atoms in total. The molecule has 7 aromatic carbocycles. The zero-order valence-corrected chi connectivity index (χ0v) is 22.7. The van der Waals surface area contributed by atoms with Gasteiger partial charge in [-0.3, -0.25) is 4.57 Å². The molecule has 0 radical (unpaired) electrons. The number of benzene rings is 7. The molecule has 0 bridgehead atoms. The zero-order chi connectivity index (χ0) is 27.6. The Bertz CT molecular complexity index is 2460. The molecule has 0 aliphatic carbocycles. The summed E-state index contributed by atoms with van der Waals surface area (Å²) in [4.78, 5) is 5.10. The van der Waals surface area contributed by atoms with Crippen LogP contribution in [0.1, 0.15) is 0 Å². The van der Waals surface area contributed by atoms with Crippen molar-refractivity contribution < 1.29 is 4.42 Å². The largest absolute Gasteiger partial charge is 0.455 e. The highest BCUT2D eigenvalue weighted by Crippen LogP contribution is 2.41. The Morgan fingerprint density at radius 3 is 2.07 bits per heavy atom. The lowest BCUT2D eigenvalue weighted by molar-refractivity contribution is 0.670. The van der Waals surface area contributed by atoms with Crippen LogP contribution in [0.2, 0.25) is 0 Å². The minimum atomic E-state index is 0.908. The van der Waals surface area contributed by atoms with E-state index < -0.39 is 0 Å². The van der Waals surface area contributed by atoms with Gasteiger partial charge < -0.3 is 4.42 Å². The molecule has 0 amide bonds. The van der Waals surface area contributed by atoms with Crippen LogP contribution in [0.5, 0.6) is 0 Å². The Hall–Kier alpha value is -5.67. The van der Waals surface area contributed by atoms with E-state index >= 15 is 0 Å². The Balaban J connectivity index is 1.26. The Kier molecular flexibility index (Phi) is 4.90. The summed E-state index contributed by atoms with van der Waals surface area (Å²) in [5.41, 5.74) is 8.29. The fourth-order valence-electron chi connectivity index (χ4n) is 6.40. The molecule has 9 aromatic rings. The van der Waals surface area contributed by atoms with Crippen molar-refractivity contribution in [3.05, 3.63) is 146 Å². The summed E-state index contributed by atoms with van der Waals surface area (Å²) >= 11 is 0. The molecular formula is C39H24N2O. The predicted molar refractivity (Wildman–Crippen MR) is 174 cm³/mol. The minimum Gasteiger partial charge on any atom is -0.455 e. The first kappa shape index (κ1) is 23.1. The Labute approximate surface area is 241 Å². The number of rotatable bonds is 3. The maximum absolute atomic E-state index is 6.50. The maximum Gasteiger partial charge on any atom is 0.145 e. The van der Waals surface area contributed by atoms with E-state index in [0.29, 0.717) is 0 Å². The van der Waals surface area contributed by atoms with Crippen LogP contribution in [0.15, 0.2) is 150 Å². The second-order valence-electron chi connectivity index (χ2n) is 10.8. The lowest BCUT2D eigenvalue weighted by Gasteiger charge is -2.13. The van der Waals surface area contributed by atoms with Gasteiger partial charge in [0.1, 0.15) is 17.0 Å². The molecule has 0 saturated heterocycles. The van der Waals surface area contributed by atoms with Crippen molar-refractivity contribution in [2.75, 3.05) is 0 Å². The van der Waals surface area contributed by atoms with Crippen molar-refractivity contribution in [1.29, 1.82) is 0 Å². The van der Waals surface area contributed by atoms with Gasteiger partial charge in [0.25, 0.3) is 0 Å². The molecule has 0 spiro atoms. The third kappa shape index (κ3) is 3.44. The normalized spacial score (nSPS) is 11.8. The molecule has 42 heavy (non-hydrogen) atoms. The van der Waals surface area contributed by atoms with Crippen molar-refractivity contribution in [2.45, 2.75) is 0 Å². The summed E-state index contributed by atoms with van der Waals surface area (Å²) < 4.78 is 8.77. The zero-order valence-electron chi connectivity index (χ0n) is 22.7. The Morgan fingerprint density at radius 2 is 1.19 bits per heavy atom. The van der Waals surface area contributed by atoms with Crippen LogP contribution in [-0.2, 0) is 0 Å². The third-order valence-electron chi connectivity index (χ3n) is 8.37. The van der Waals surface area contributed by atoms with E-state index in [2.05, 4.69) is 132 Å². The standard InChI is InChI=1S/C39H24N2O/c1-2-10-27-23-29(18-17-25(27)9-1)39-40-34-14-6-7-15-35(34)41(39)30-21-19-26(20-22-30)37-31-12-4-3-11-28(31)24-33-32-13-5-8-16-36(32)42-38(33)37/h1-24H. The average molecular weight is 537 g/mol. The van der Waals surface area contributed by atoms with Gasteiger partial charge in [-0.2, -0.15) is 0 Å². The van der Waals surface area contributed by atoms with Gasteiger partial charge in [0.15, 0.2) is 0 Å². The highest BCUT2D eigenvalue weighted by atomic mass is 16.3. The van der Waals surface area contributed by atoms with E-state index in [4.69, 9.17) is 9.40 Å². The van der Waals surface area contributed by atoms with Gasteiger partial charge >= 0.3 is 0 Å². The van der Waals surface area contributed by atoms with Crippen LogP contribution in [0, 0.1) is 0 Å². The summed E-state index contributed by atoms with van der Waals surface area (Å²) in [5.74, 6) is 0.930. The monoisotopic (exact) mass is 536 g/mol. The van der Waals surface area contributed by atoms with Gasteiger partial charge in [-0.1, -0.05) is 103 Å². The van der Waals surface area contributed by atoms with Crippen molar-refractivity contribution in [3.63, 3.8) is 0 Å². The first-order valence-corrected chi connectivity index (χ1v) is 14.2. The number of fused-ring (bicyclic) bond motifs is 6. The van der Waals surface area contributed by atoms with Crippen molar-refractivity contribution in [1.82, 2.24) is 9.55 Å². The molecule has 0 fully saturated rings. The summed E-state index contributed by atoms with van der Waals surface area (Å²) in [6, 6.07) is 51.3. The molecular weight excluding hydrogens is 512 g/mol. The van der Waals surface area contributed by atoms with E-state index in [-0.39, 0.29) is 0 Å². The number of aromatic nitrogens is 2. The van der Waals surface area contributed by atoms with Gasteiger partial charge in [0.05, 0.1) is 11.0 Å². The highest BCUT2D eigenvalue weighted by Gasteiger charge is 2.18. The smallest absolute Gasteiger partial charge is 0.145 e. The summed E-state index contributed by atoms with van der Waals surface area (Å²) in [6.07, 6.45) is 0. The van der Waals surface area contributed by atoms with E-state index in [1.807, 2.05) is 18.2 Å². The summed E-state index contributed by atoms with van der Waals surface area (Å²) in [6.45, 7) is 0. The van der Waals surface area contributed by atoms with E-state index in [1.165, 1.54) is 21.5 Å². The summed E-state index contributed by atoms with van der Waals surface area (Å²) in [5, 5.41) is 7.09. The number of hydrogen-bond acceptors (Lipinski definition) is 2. The topological polar surface area (TPSA) is 31.0 Å².